The maximum absolute atomic E-state index is 11.8. The fourth-order valence-electron chi connectivity index (χ4n) is 2.82. The third-order valence-electron chi connectivity index (χ3n) is 4.89. The number of rotatable bonds is 5. The van der Waals surface area contributed by atoms with E-state index in [2.05, 4.69) is 25.9 Å². The standard InChI is InChI=1S/C20H22N6O/c1-12-13(2)25-26(14(12)3)19-11-10-18(23-24-19)21-16-6-8-17(9-7-16)22-20(27)15-4-5-15/h6-11,15H,4-5H2,1-3H3,(H,21,23)(H,22,27). The van der Waals surface area contributed by atoms with E-state index in [-0.39, 0.29) is 11.8 Å². The molecule has 7 nitrogen and oxygen atoms in total. The Bertz CT molecular complexity index is 971. The van der Waals surface area contributed by atoms with E-state index in [0.717, 1.165) is 41.2 Å². The van der Waals surface area contributed by atoms with Gasteiger partial charge in [0.15, 0.2) is 11.6 Å². The SMILES string of the molecule is Cc1nn(-c2ccc(Nc3ccc(NC(=O)C4CC4)cc3)nn2)c(C)c1C. The number of hydrogen-bond acceptors (Lipinski definition) is 5. The Morgan fingerprint density at radius 3 is 2.26 bits per heavy atom. The van der Waals surface area contributed by atoms with Crippen LogP contribution in [0.2, 0.25) is 0 Å². The zero-order valence-electron chi connectivity index (χ0n) is 15.7. The van der Waals surface area contributed by atoms with Gasteiger partial charge in [-0.2, -0.15) is 5.10 Å². The van der Waals surface area contributed by atoms with E-state index in [1.807, 2.05) is 57.2 Å². The lowest BCUT2D eigenvalue weighted by Gasteiger charge is -2.08. The fourth-order valence-corrected chi connectivity index (χ4v) is 2.82. The van der Waals surface area contributed by atoms with Crippen molar-refractivity contribution in [3.63, 3.8) is 0 Å². The summed E-state index contributed by atoms with van der Waals surface area (Å²) in [5, 5.41) is 19.2. The van der Waals surface area contributed by atoms with Crippen LogP contribution in [0.15, 0.2) is 36.4 Å². The van der Waals surface area contributed by atoms with Gasteiger partial charge in [0.2, 0.25) is 5.91 Å². The van der Waals surface area contributed by atoms with Crippen molar-refractivity contribution in [3.05, 3.63) is 53.3 Å². The third kappa shape index (κ3) is 3.67. The number of hydrogen-bond donors (Lipinski definition) is 2. The normalized spacial score (nSPS) is 13.4. The molecule has 1 aliphatic carbocycles. The van der Waals surface area contributed by atoms with Gasteiger partial charge in [0.1, 0.15) is 0 Å². The van der Waals surface area contributed by atoms with Crippen molar-refractivity contribution in [1.82, 2.24) is 20.0 Å². The van der Waals surface area contributed by atoms with E-state index in [4.69, 9.17) is 0 Å². The first-order valence-electron chi connectivity index (χ1n) is 9.06. The summed E-state index contributed by atoms with van der Waals surface area (Å²) in [6, 6.07) is 11.3. The molecule has 1 saturated carbocycles. The Kier molecular flexibility index (Phi) is 4.35. The largest absolute Gasteiger partial charge is 0.339 e. The number of benzene rings is 1. The Morgan fingerprint density at radius 2 is 1.70 bits per heavy atom. The molecule has 2 N–H and O–H groups in total. The summed E-state index contributed by atoms with van der Waals surface area (Å²) in [5.41, 5.74) is 4.90. The van der Waals surface area contributed by atoms with Gasteiger partial charge in [-0.05, 0) is 75.6 Å². The molecule has 27 heavy (non-hydrogen) atoms. The van der Waals surface area contributed by atoms with Gasteiger partial charge in [0.25, 0.3) is 0 Å². The van der Waals surface area contributed by atoms with E-state index >= 15 is 0 Å². The van der Waals surface area contributed by atoms with E-state index in [0.29, 0.717) is 11.6 Å². The molecular formula is C20H22N6O. The second-order valence-corrected chi connectivity index (χ2v) is 6.95. The van der Waals surface area contributed by atoms with E-state index in [9.17, 15) is 4.79 Å². The van der Waals surface area contributed by atoms with Gasteiger partial charge in [-0.15, -0.1) is 10.2 Å². The maximum atomic E-state index is 11.8. The molecule has 7 heteroatoms. The quantitative estimate of drug-likeness (QED) is 0.723. The van der Waals surface area contributed by atoms with E-state index < -0.39 is 0 Å². The van der Waals surface area contributed by atoms with Gasteiger partial charge in [-0.3, -0.25) is 4.79 Å². The van der Waals surface area contributed by atoms with E-state index in [1.54, 1.807) is 4.68 Å². The highest BCUT2D eigenvalue weighted by molar-refractivity contribution is 5.94. The summed E-state index contributed by atoms with van der Waals surface area (Å²) >= 11 is 0. The minimum absolute atomic E-state index is 0.108. The van der Waals surface area contributed by atoms with Gasteiger partial charge in [0.05, 0.1) is 5.69 Å². The molecule has 0 saturated heterocycles. The fraction of sp³-hybridized carbons (Fsp3) is 0.300. The number of carbonyl (C=O) groups is 1. The van der Waals surface area contributed by atoms with Gasteiger partial charge in [-0.25, -0.2) is 4.68 Å². The first kappa shape index (κ1) is 17.2. The molecule has 1 fully saturated rings. The average molecular weight is 362 g/mol. The molecule has 1 amide bonds. The topological polar surface area (TPSA) is 84.7 Å². The van der Waals surface area contributed by atoms with E-state index in [1.165, 1.54) is 0 Å². The molecule has 0 spiro atoms. The van der Waals surface area contributed by atoms with Crippen LogP contribution in [0.1, 0.15) is 29.8 Å². The van der Waals surface area contributed by atoms with Crippen LogP contribution >= 0.6 is 0 Å². The van der Waals surface area contributed by atoms with Crippen LogP contribution in [0, 0.1) is 26.7 Å². The van der Waals surface area contributed by atoms with Crippen LogP contribution in [-0.4, -0.2) is 25.9 Å². The average Bonchev–Trinajstić information content (AvgIpc) is 3.49. The van der Waals surface area contributed by atoms with Crippen molar-refractivity contribution in [2.75, 3.05) is 10.6 Å². The number of carbonyl (C=O) groups excluding carboxylic acids is 1. The molecule has 0 bridgehead atoms. The molecule has 1 aromatic carbocycles. The minimum Gasteiger partial charge on any atom is -0.339 e. The Labute approximate surface area is 157 Å². The smallest absolute Gasteiger partial charge is 0.227 e. The number of anilines is 3. The van der Waals surface area contributed by atoms with Crippen molar-refractivity contribution in [3.8, 4) is 5.82 Å². The van der Waals surface area contributed by atoms with Crippen molar-refractivity contribution in [2.45, 2.75) is 33.6 Å². The Morgan fingerprint density at radius 1 is 1.00 bits per heavy atom. The Balaban J connectivity index is 1.43. The first-order chi connectivity index (χ1) is 13.0. The molecule has 0 atom stereocenters. The molecule has 2 heterocycles. The van der Waals surface area contributed by atoms with Crippen LogP contribution in [0.5, 0.6) is 0 Å². The minimum atomic E-state index is 0.108. The molecule has 4 rings (SSSR count). The maximum Gasteiger partial charge on any atom is 0.227 e. The number of aryl methyl sites for hydroxylation is 1. The van der Waals surface area contributed by atoms with Crippen LogP contribution < -0.4 is 10.6 Å². The monoisotopic (exact) mass is 362 g/mol. The molecule has 0 radical (unpaired) electrons. The zero-order valence-corrected chi connectivity index (χ0v) is 15.7. The van der Waals surface area contributed by atoms with Crippen LogP contribution in [0.3, 0.4) is 0 Å². The zero-order chi connectivity index (χ0) is 19.0. The lowest BCUT2D eigenvalue weighted by Crippen LogP contribution is -2.13. The number of nitrogens with one attached hydrogen (secondary N) is 2. The summed E-state index contributed by atoms with van der Waals surface area (Å²) in [7, 11) is 0. The van der Waals surface area contributed by atoms with Crippen LogP contribution in [0.25, 0.3) is 5.82 Å². The van der Waals surface area contributed by atoms with Gasteiger partial charge >= 0.3 is 0 Å². The highest BCUT2D eigenvalue weighted by Crippen LogP contribution is 2.30. The first-order valence-corrected chi connectivity index (χ1v) is 9.06. The van der Waals surface area contributed by atoms with Crippen molar-refractivity contribution >= 4 is 23.1 Å². The highest BCUT2D eigenvalue weighted by Gasteiger charge is 2.29. The molecule has 2 aromatic heterocycles. The van der Waals surface area contributed by atoms with Crippen LogP contribution in [-0.2, 0) is 4.79 Å². The van der Waals surface area contributed by atoms with Gasteiger partial charge in [0, 0.05) is 23.0 Å². The number of nitrogens with zero attached hydrogens (tertiary/aromatic N) is 4. The third-order valence-corrected chi connectivity index (χ3v) is 4.89. The van der Waals surface area contributed by atoms with Crippen molar-refractivity contribution in [2.24, 2.45) is 5.92 Å². The molecular weight excluding hydrogens is 340 g/mol. The van der Waals surface area contributed by atoms with Crippen LogP contribution in [0.4, 0.5) is 17.2 Å². The molecule has 1 aliphatic rings. The lowest BCUT2D eigenvalue weighted by atomic mass is 10.2. The molecule has 3 aromatic rings. The lowest BCUT2D eigenvalue weighted by molar-refractivity contribution is -0.117. The van der Waals surface area contributed by atoms with Gasteiger partial charge in [-0.1, -0.05) is 0 Å². The second kappa shape index (κ2) is 6.83. The summed E-state index contributed by atoms with van der Waals surface area (Å²) in [4.78, 5) is 11.8. The van der Waals surface area contributed by atoms with Crippen molar-refractivity contribution in [1.29, 1.82) is 0 Å². The second-order valence-electron chi connectivity index (χ2n) is 6.95. The number of amides is 1. The predicted octanol–water partition coefficient (Wildman–Crippen LogP) is 3.68. The summed E-state index contributed by atoms with van der Waals surface area (Å²) < 4.78 is 1.80. The molecule has 0 aliphatic heterocycles. The Hall–Kier alpha value is -3.22. The predicted molar refractivity (Wildman–Crippen MR) is 104 cm³/mol. The highest BCUT2D eigenvalue weighted by atomic mass is 16.2. The molecule has 138 valence electrons. The summed E-state index contributed by atoms with van der Waals surface area (Å²) in [6.45, 7) is 6.06. The summed E-state index contributed by atoms with van der Waals surface area (Å²) in [5.74, 6) is 1.64. The molecule has 0 unspecified atom stereocenters. The van der Waals surface area contributed by atoms with Crippen molar-refractivity contribution < 1.29 is 4.79 Å². The van der Waals surface area contributed by atoms with Gasteiger partial charge < -0.3 is 10.6 Å². The summed E-state index contributed by atoms with van der Waals surface area (Å²) in [6.07, 6.45) is 1.99. The number of aromatic nitrogens is 4.